The molecule has 1 amide bonds. The van der Waals surface area contributed by atoms with Crippen molar-refractivity contribution in [1.82, 2.24) is 9.88 Å². The van der Waals surface area contributed by atoms with E-state index in [0.29, 0.717) is 6.54 Å². The van der Waals surface area contributed by atoms with Crippen molar-refractivity contribution in [3.63, 3.8) is 0 Å². The fourth-order valence-corrected chi connectivity index (χ4v) is 3.92. The Morgan fingerprint density at radius 2 is 2.21 bits per heavy atom. The number of carbonyl (C=O) groups excluding carboxylic acids is 1. The average molecular weight is 338 g/mol. The van der Waals surface area contributed by atoms with Gasteiger partial charge in [0.05, 0.1) is 11.4 Å². The van der Waals surface area contributed by atoms with Crippen molar-refractivity contribution in [2.24, 2.45) is 0 Å². The maximum Gasteiger partial charge on any atom is 0.264 e. The van der Waals surface area contributed by atoms with E-state index in [1.807, 2.05) is 53.6 Å². The van der Waals surface area contributed by atoms with Crippen LogP contribution in [0.3, 0.4) is 0 Å². The Bertz CT molecular complexity index is 884. The molecule has 0 spiro atoms. The van der Waals surface area contributed by atoms with Gasteiger partial charge in [-0.25, -0.2) is 0 Å². The third-order valence-corrected chi connectivity index (χ3v) is 5.30. The molecule has 0 saturated carbocycles. The van der Waals surface area contributed by atoms with E-state index in [9.17, 15) is 4.79 Å². The molecule has 3 aromatic rings. The summed E-state index contributed by atoms with van der Waals surface area (Å²) in [6.45, 7) is 3.37. The van der Waals surface area contributed by atoms with Crippen molar-refractivity contribution < 1.29 is 9.53 Å². The van der Waals surface area contributed by atoms with Crippen LogP contribution >= 0.6 is 11.3 Å². The van der Waals surface area contributed by atoms with Crippen LogP contribution in [0.15, 0.2) is 48.0 Å². The van der Waals surface area contributed by atoms with Gasteiger partial charge >= 0.3 is 0 Å². The van der Waals surface area contributed by atoms with Crippen LogP contribution in [0.4, 0.5) is 0 Å². The Hall–Kier alpha value is -2.40. The van der Waals surface area contributed by atoms with Gasteiger partial charge in [0.2, 0.25) is 0 Å². The monoisotopic (exact) mass is 338 g/mol. The van der Waals surface area contributed by atoms with Gasteiger partial charge in [0.15, 0.2) is 0 Å². The molecule has 4 rings (SSSR count). The number of fused-ring (bicyclic) bond motifs is 1. The van der Waals surface area contributed by atoms with Gasteiger partial charge in [-0.05, 0) is 36.1 Å². The molecule has 122 valence electrons. The van der Waals surface area contributed by atoms with E-state index in [2.05, 4.69) is 4.98 Å². The van der Waals surface area contributed by atoms with Crippen LogP contribution in [0.1, 0.15) is 21.7 Å². The Morgan fingerprint density at radius 1 is 1.33 bits per heavy atom. The standard InChI is InChI=1S/C19H18N2O2S/c1-13-10-17(24-12-13)19(22)21-9-7-15(11-21)23-16-6-2-4-14-5-3-8-20-18(14)16/h2-6,8,10,12,15H,7,9,11H2,1H3. The molecule has 1 unspecified atom stereocenters. The van der Waals surface area contributed by atoms with Crippen LogP contribution < -0.4 is 4.74 Å². The lowest BCUT2D eigenvalue weighted by Crippen LogP contribution is -2.30. The van der Waals surface area contributed by atoms with Crippen LogP contribution in [-0.4, -0.2) is 35.0 Å². The van der Waals surface area contributed by atoms with E-state index in [4.69, 9.17) is 4.74 Å². The number of hydrogen-bond acceptors (Lipinski definition) is 4. The Balaban J connectivity index is 1.48. The molecule has 2 aromatic heterocycles. The quantitative estimate of drug-likeness (QED) is 0.727. The highest BCUT2D eigenvalue weighted by molar-refractivity contribution is 7.12. The van der Waals surface area contributed by atoms with Crippen LogP contribution in [0.5, 0.6) is 5.75 Å². The smallest absolute Gasteiger partial charge is 0.264 e. The number of thiophene rings is 1. The number of likely N-dealkylation sites (tertiary alicyclic amines) is 1. The molecule has 1 aliphatic heterocycles. The summed E-state index contributed by atoms with van der Waals surface area (Å²) in [6.07, 6.45) is 2.64. The van der Waals surface area contributed by atoms with Gasteiger partial charge < -0.3 is 9.64 Å². The fraction of sp³-hybridized carbons (Fsp3) is 0.263. The number of nitrogens with zero attached hydrogens (tertiary/aromatic N) is 2. The molecule has 24 heavy (non-hydrogen) atoms. The fourth-order valence-electron chi connectivity index (χ4n) is 3.06. The van der Waals surface area contributed by atoms with Crippen molar-refractivity contribution >= 4 is 28.1 Å². The third kappa shape index (κ3) is 2.87. The molecule has 0 N–H and O–H groups in total. The summed E-state index contributed by atoms with van der Waals surface area (Å²) in [5.41, 5.74) is 2.01. The molecule has 4 nitrogen and oxygen atoms in total. The molecule has 1 saturated heterocycles. The first-order valence-corrected chi connectivity index (χ1v) is 8.93. The maximum absolute atomic E-state index is 12.5. The second-order valence-corrected chi connectivity index (χ2v) is 7.01. The number of carbonyl (C=O) groups is 1. The second-order valence-electron chi connectivity index (χ2n) is 6.10. The molecule has 1 aromatic carbocycles. The summed E-state index contributed by atoms with van der Waals surface area (Å²) in [6, 6.07) is 11.9. The zero-order chi connectivity index (χ0) is 16.5. The summed E-state index contributed by atoms with van der Waals surface area (Å²) in [7, 11) is 0. The first-order valence-electron chi connectivity index (χ1n) is 8.05. The highest BCUT2D eigenvalue weighted by Gasteiger charge is 2.29. The number of pyridine rings is 1. The predicted molar refractivity (Wildman–Crippen MR) is 95.7 cm³/mol. The van der Waals surface area contributed by atoms with Crippen LogP contribution in [0.2, 0.25) is 0 Å². The number of para-hydroxylation sites is 1. The van der Waals surface area contributed by atoms with Crippen LogP contribution in [-0.2, 0) is 0 Å². The SMILES string of the molecule is Cc1csc(C(=O)N2CCC(Oc3cccc4cccnc34)C2)c1. The molecule has 0 aliphatic carbocycles. The van der Waals surface area contributed by atoms with E-state index < -0.39 is 0 Å². The highest BCUT2D eigenvalue weighted by Crippen LogP contribution is 2.27. The van der Waals surface area contributed by atoms with E-state index in [0.717, 1.165) is 40.1 Å². The summed E-state index contributed by atoms with van der Waals surface area (Å²) in [5.74, 6) is 0.898. The molecule has 0 bridgehead atoms. The van der Waals surface area contributed by atoms with Gasteiger partial charge in [-0.15, -0.1) is 11.3 Å². The van der Waals surface area contributed by atoms with Crippen molar-refractivity contribution in [3.8, 4) is 5.75 Å². The van der Waals surface area contributed by atoms with Crippen LogP contribution in [0.25, 0.3) is 10.9 Å². The topological polar surface area (TPSA) is 42.4 Å². The molecule has 5 heteroatoms. The number of hydrogen-bond donors (Lipinski definition) is 0. The van der Waals surface area contributed by atoms with Gasteiger partial charge in [0.25, 0.3) is 5.91 Å². The zero-order valence-corrected chi connectivity index (χ0v) is 14.3. The second kappa shape index (κ2) is 6.24. The largest absolute Gasteiger partial charge is 0.486 e. The number of rotatable bonds is 3. The zero-order valence-electron chi connectivity index (χ0n) is 13.4. The first-order chi connectivity index (χ1) is 11.7. The van der Waals surface area contributed by atoms with Gasteiger partial charge in [-0.1, -0.05) is 18.2 Å². The minimum Gasteiger partial charge on any atom is -0.486 e. The minimum absolute atomic E-state index is 0.0163. The lowest BCUT2D eigenvalue weighted by molar-refractivity contribution is 0.0777. The van der Waals surface area contributed by atoms with Crippen molar-refractivity contribution in [1.29, 1.82) is 0 Å². The summed E-state index contributed by atoms with van der Waals surface area (Å²) in [5, 5.41) is 3.08. The maximum atomic E-state index is 12.5. The number of aromatic nitrogens is 1. The van der Waals surface area contributed by atoms with Crippen molar-refractivity contribution in [3.05, 3.63) is 58.4 Å². The first kappa shape index (κ1) is 15.1. The Kier molecular flexibility index (Phi) is 3.94. The molecule has 1 aliphatic rings. The third-order valence-electron chi connectivity index (χ3n) is 4.26. The summed E-state index contributed by atoms with van der Waals surface area (Å²) in [4.78, 5) is 19.7. The predicted octanol–water partition coefficient (Wildman–Crippen LogP) is 3.90. The number of aryl methyl sites for hydroxylation is 1. The molecule has 3 heterocycles. The molecule has 1 atom stereocenters. The van der Waals surface area contributed by atoms with E-state index >= 15 is 0 Å². The van der Waals surface area contributed by atoms with Gasteiger partial charge in [0, 0.05) is 24.5 Å². The summed E-state index contributed by atoms with van der Waals surface area (Å²) < 4.78 is 6.16. The lowest BCUT2D eigenvalue weighted by atomic mass is 10.2. The van der Waals surface area contributed by atoms with E-state index in [1.54, 1.807) is 6.20 Å². The number of amides is 1. The Labute approximate surface area is 144 Å². The van der Waals surface area contributed by atoms with Crippen molar-refractivity contribution in [2.45, 2.75) is 19.4 Å². The van der Waals surface area contributed by atoms with E-state index in [-0.39, 0.29) is 12.0 Å². The normalized spacial score (nSPS) is 17.4. The van der Waals surface area contributed by atoms with Crippen LogP contribution in [0, 0.1) is 6.92 Å². The number of ether oxygens (including phenoxy) is 1. The van der Waals surface area contributed by atoms with Crippen molar-refractivity contribution in [2.75, 3.05) is 13.1 Å². The number of benzene rings is 1. The highest BCUT2D eigenvalue weighted by atomic mass is 32.1. The molecule has 0 radical (unpaired) electrons. The molecular formula is C19H18N2O2S. The van der Waals surface area contributed by atoms with Gasteiger partial charge in [-0.2, -0.15) is 0 Å². The summed E-state index contributed by atoms with van der Waals surface area (Å²) >= 11 is 1.51. The average Bonchev–Trinajstić information content (AvgIpc) is 3.24. The minimum atomic E-state index is 0.0163. The van der Waals surface area contributed by atoms with Gasteiger partial charge in [-0.3, -0.25) is 9.78 Å². The van der Waals surface area contributed by atoms with Gasteiger partial charge in [0.1, 0.15) is 17.4 Å². The Morgan fingerprint density at radius 3 is 3.04 bits per heavy atom. The molecule has 1 fully saturated rings. The lowest BCUT2D eigenvalue weighted by Gasteiger charge is -2.17. The van der Waals surface area contributed by atoms with E-state index in [1.165, 1.54) is 11.3 Å². The molecular weight excluding hydrogens is 320 g/mol.